The van der Waals surface area contributed by atoms with Gasteiger partial charge in [-0.2, -0.15) is 10.4 Å². The second-order valence-electron chi connectivity index (χ2n) is 5.31. The summed E-state index contributed by atoms with van der Waals surface area (Å²) in [5.74, 6) is -0.205. The van der Waals surface area contributed by atoms with Crippen molar-refractivity contribution >= 4 is 5.91 Å². The van der Waals surface area contributed by atoms with Crippen LogP contribution in [0, 0.1) is 11.3 Å². The fourth-order valence-corrected chi connectivity index (χ4v) is 2.66. The van der Waals surface area contributed by atoms with E-state index in [2.05, 4.69) is 15.5 Å². The fraction of sp³-hybridized carbons (Fsp3) is 0.250. The van der Waals surface area contributed by atoms with Crippen molar-refractivity contribution in [1.29, 1.82) is 5.26 Å². The monoisotopic (exact) mass is 294 g/mol. The molecule has 6 heteroatoms. The molecule has 3 rings (SSSR count). The third-order valence-electron chi connectivity index (χ3n) is 3.76. The maximum Gasteiger partial charge on any atom is 0.264 e. The van der Waals surface area contributed by atoms with Crippen LogP contribution in [0.3, 0.4) is 0 Å². The summed E-state index contributed by atoms with van der Waals surface area (Å²) in [6.45, 7) is 0. The Hall–Kier alpha value is -2.94. The highest BCUT2D eigenvalue weighted by molar-refractivity contribution is 5.94. The number of H-pyrrole nitrogens is 1. The van der Waals surface area contributed by atoms with Crippen LogP contribution in [0.4, 0.5) is 0 Å². The predicted octanol–water partition coefficient (Wildman–Crippen LogP) is 0.929. The van der Waals surface area contributed by atoms with E-state index in [1.165, 1.54) is 6.07 Å². The summed E-state index contributed by atoms with van der Waals surface area (Å²) in [6.07, 6.45) is 2.08. The first-order chi connectivity index (χ1) is 10.7. The second kappa shape index (κ2) is 5.82. The number of rotatable bonds is 2. The minimum atomic E-state index is -0.229. The lowest BCUT2D eigenvalue weighted by molar-refractivity contribution is 0.0933. The maximum atomic E-state index is 12.3. The number of nitrogens with zero attached hydrogens (tertiary/aromatic N) is 2. The molecule has 2 N–H and O–H groups in total. The largest absolute Gasteiger partial charge is 0.349 e. The second-order valence-corrected chi connectivity index (χ2v) is 5.31. The molecule has 1 atom stereocenters. The minimum Gasteiger partial charge on any atom is -0.349 e. The van der Waals surface area contributed by atoms with Crippen LogP contribution in [-0.4, -0.2) is 22.1 Å². The molecular weight excluding hydrogens is 280 g/mol. The third-order valence-corrected chi connectivity index (χ3v) is 3.76. The Bertz CT molecular complexity index is 819. The van der Waals surface area contributed by atoms with E-state index < -0.39 is 0 Å². The van der Waals surface area contributed by atoms with Gasteiger partial charge in [-0.3, -0.25) is 9.59 Å². The lowest BCUT2D eigenvalue weighted by atomic mass is 9.92. The Morgan fingerprint density at radius 1 is 1.41 bits per heavy atom. The summed E-state index contributed by atoms with van der Waals surface area (Å²) in [6, 6.07) is 10.1. The number of aromatic amines is 1. The zero-order chi connectivity index (χ0) is 15.5. The molecular formula is C16H14N4O2. The van der Waals surface area contributed by atoms with Gasteiger partial charge in [0.2, 0.25) is 0 Å². The van der Waals surface area contributed by atoms with Gasteiger partial charge in [-0.15, -0.1) is 0 Å². The quantitative estimate of drug-likeness (QED) is 0.860. The van der Waals surface area contributed by atoms with Gasteiger partial charge in [0, 0.05) is 17.7 Å². The number of carbonyl (C=O) groups excluding carboxylic acids is 1. The van der Waals surface area contributed by atoms with Crippen LogP contribution in [-0.2, 0) is 12.8 Å². The van der Waals surface area contributed by atoms with Gasteiger partial charge in [0.1, 0.15) is 0 Å². The summed E-state index contributed by atoms with van der Waals surface area (Å²) in [7, 11) is 0. The Kier molecular flexibility index (Phi) is 3.71. The SMILES string of the molecule is N#Cc1cccc(C(=O)NC2CCc3n[nH]c(=O)cc3C2)c1. The van der Waals surface area contributed by atoms with Crippen molar-refractivity contribution < 1.29 is 4.79 Å². The van der Waals surface area contributed by atoms with Crippen LogP contribution in [0.2, 0.25) is 0 Å². The van der Waals surface area contributed by atoms with Gasteiger partial charge in [-0.05, 0) is 43.0 Å². The average molecular weight is 294 g/mol. The van der Waals surface area contributed by atoms with Gasteiger partial charge in [0.15, 0.2) is 0 Å². The van der Waals surface area contributed by atoms with Crippen LogP contribution >= 0.6 is 0 Å². The minimum absolute atomic E-state index is 0.0330. The van der Waals surface area contributed by atoms with E-state index >= 15 is 0 Å². The molecule has 2 aromatic rings. The van der Waals surface area contributed by atoms with Crippen LogP contribution in [0.5, 0.6) is 0 Å². The molecule has 0 saturated carbocycles. The molecule has 1 aliphatic carbocycles. The lowest BCUT2D eigenvalue weighted by Gasteiger charge is -2.24. The molecule has 22 heavy (non-hydrogen) atoms. The molecule has 0 aliphatic heterocycles. The van der Waals surface area contributed by atoms with E-state index in [1.807, 2.05) is 6.07 Å². The Morgan fingerprint density at radius 2 is 2.27 bits per heavy atom. The first kappa shape index (κ1) is 14.0. The van der Waals surface area contributed by atoms with Crippen LogP contribution in [0.25, 0.3) is 0 Å². The average Bonchev–Trinajstić information content (AvgIpc) is 2.54. The van der Waals surface area contributed by atoms with Gasteiger partial charge in [0.25, 0.3) is 11.5 Å². The van der Waals surface area contributed by atoms with Crippen molar-refractivity contribution in [2.45, 2.75) is 25.3 Å². The number of aromatic nitrogens is 2. The summed E-state index contributed by atoms with van der Waals surface area (Å²) in [5.41, 5.74) is 2.46. The van der Waals surface area contributed by atoms with Crippen LogP contribution in [0.15, 0.2) is 35.1 Å². The number of carbonyl (C=O) groups is 1. The molecule has 1 aromatic heterocycles. The van der Waals surface area contributed by atoms with Crippen molar-refractivity contribution in [1.82, 2.24) is 15.5 Å². The molecule has 110 valence electrons. The fourth-order valence-electron chi connectivity index (χ4n) is 2.66. The molecule has 0 radical (unpaired) electrons. The summed E-state index contributed by atoms with van der Waals surface area (Å²) < 4.78 is 0. The first-order valence-electron chi connectivity index (χ1n) is 7.04. The molecule has 0 spiro atoms. The molecule has 6 nitrogen and oxygen atoms in total. The van der Waals surface area contributed by atoms with E-state index in [1.54, 1.807) is 24.3 Å². The number of benzene rings is 1. The van der Waals surface area contributed by atoms with Crippen LogP contribution < -0.4 is 10.9 Å². The highest BCUT2D eigenvalue weighted by Crippen LogP contribution is 2.18. The first-order valence-corrected chi connectivity index (χ1v) is 7.04. The lowest BCUT2D eigenvalue weighted by Crippen LogP contribution is -2.39. The topological polar surface area (TPSA) is 98.6 Å². The molecule has 1 heterocycles. The number of hydrogen-bond acceptors (Lipinski definition) is 4. The zero-order valence-corrected chi connectivity index (χ0v) is 11.8. The Labute approximate surface area is 126 Å². The summed E-state index contributed by atoms with van der Waals surface area (Å²) in [5, 5.41) is 18.3. The number of hydrogen-bond donors (Lipinski definition) is 2. The third kappa shape index (κ3) is 2.88. The normalized spacial score (nSPS) is 16.4. The number of nitrogens with one attached hydrogen (secondary N) is 2. The van der Waals surface area contributed by atoms with E-state index in [0.717, 1.165) is 24.1 Å². The number of aryl methyl sites for hydroxylation is 1. The molecule has 1 amide bonds. The van der Waals surface area contributed by atoms with Crippen molar-refractivity contribution in [3.63, 3.8) is 0 Å². The van der Waals surface area contributed by atoms with Gasteiger partial charge in [-0.25, -0.2) is 5.10 Å². The van der Waals surface area contributed by atoms with Gasteiger partial charge < -0.3 is 5.32 Å². The highest BCUT2D eigenvalue weighted by Gasteiger charge is 2.22. The van der Waals surface area contributed by atoms with E-state index in [-0.39, 0.29) is 17.5 Å². The van der Waals surface area contributed by atoms with E-state index in [4.69, 9.17) is 5.26 Å². The van der Waals surface area contributed by atoms with Gasteiger partial charge >= 0.3 is 0 Å². The van der Waals surface area contributed by atoms with E-state index in [9.17, 15) is 9.59 Å². The number of fused-ring (bicyclic) bond motifs is 1. The Morgan fingerprint density at radius 3 is 3.09 bits per heavy atom. The molecule has 0 fully saturated rings. The molecule has 0 bridgehead atoms. The predicted molar refractivity (Wildman–Crippen MR) is 79.3 cm³/mol. The zero-order valence-electron chi connectivity index (χ0n) is 11.8. The summed E-state index contributed by atoms with van der Waals surface area (Å²) >= 11 is 0. The Balaban J connectivity index is 1.73. The molecule has 0 saturated heterocycles. The van der Waals surface area contributed by atoms with Gasteiger partial charge in [0.05, 0.1) is 17.3 Å². The highest BCUT2D eigenvalue weighted by atomic mass is 16.1. The van der Waals surface area contributed by atoms with Crippen molar-refractivity contribution in [3.8, 4) is 6.07 Å². The maximum absolute atomic E-state index is 12.3. The van der Waals surface area contributed by atoms with Crippen molar-refractivity contribution in [2.75, 3.05) is 0 Å². The van der Waals surface area contributed by atoms with E-state index in [0.29, 0.717) is 17.5 Å². The summed E-state index contributed by atoms with van der Waals surface area (Å²) in [4.78, 5) is 23.6. The number of nitriles is 1. The standard InChI is InChI=1S/C16H14N4O2/c17-9-10-2-1-3-11(6-10)16(22)18-13-4-5-14-12(7-13)8-15(21)20-19-14/h1-3,6,8,13H,4-5,7H2,(H,18,22)(H,20,21). The van der Waals surface area contributed by atoms with Crippen LogP contribution in [0.1, 0.15) is 33.6 Å². The smallest absolute Gasteiger partial charge is 0.264 e. The molecule has 1 aliphatic rings. The van der Waals surface area contributed by atoms with Crippen molar-refractivity contribution in [2.24, 2.45) is 0 Å². The van der Waals surface area contributed by atoms with Gasteiger partial charge in [-0.1, -0.05) is 6.07 Å². The van der Waals surface area contributed by atoms with Crippen molar-refractivity contribution in [3.05, 3.63) is 63.1 Å². The molecule has 1 unspecified atom stereocenters. The number of amides is 1. The molecule has 1 aromatic carbocycles.